The molecule has 0 saturated carbocycles. The molecule has 0 aliphatic rings. The van der Waals surface area contributed by atoms with E-state index < -0.39 is 27.5 Å². The van der Waals surface area contributed by atoms with Crippen LogP contribution in [0.15, 0.2) is 33.7 Å². The predicted molar refractivity (Wildman–Crippen MR) is 68.2 cm³/mol. The van der Waals surface area contributed by atoms with Gasteiger partial charge in [-0.2, -0.15) is 13.2 Å². The number of alkyl halides is 3. The van der Waals surface area contributed by atoms with Crippen LogP contribution in [0.5, 0.6) is 0 Å². The third-order valence-electron chi connectivity index (χ3n) is 2.71. The Kier molecular flexibility index (Phi) is 3.70. The lowest BCUT2D eigenvalue weighted by Crippen LogP contribution is -2.18. The van der Waals surface area contributed by atoms with Gasteiger partial charge in [0.1, 0.15) is 5.69 Å². The fourth-order valence-electron chi connectivity index (χ4n) is 1.87. The van der Waals surface area contributed by atoms with E-state index in [4.69, 9.17) is 4.52 Å². The quantitative estimate of drug-likeness (QED) is 0.943. The fraction of sp³-hybridized carbons (Fsp3) is 0.250. The summed E-state index contributed by atoms with van der Waals surface area (Å²) in [6.07, 6.45) is -4.67. The first-order chi connectivity index (χ1) is 9.63. The Morgan fingerprint density at radius 1 is 1.19 bits per heavy atom. The van der Waals surface area contributed by atoms with Gasteiger partial charge in [-0.3, -0.25) is 4.72 Å². The minimum Gasteiger partial charge on any atom is -0.360 e. The number of sulfonamides is 1. The van der Waals surface area contributed by atoms with Gasteiger partial charge < -0.3 is 4.52 Å². The van der Waals surface area contributed by atoms with E-state index in [9.17, 15) is 21.6 Å². The first-order valence-electron chi connectivity index (χ1n) is 5.75. The lowest BCUT2D eigenvalue weighted by atomic mass is 10.2. The van der Waals surface area contributed by atoms with Crippen LogP contribution < -0.4 is 4.72 Å². The SMILES string of the molecule is Cc1noc(C)c1S(=O)(=O)Nc1ccccc1C(F)(F)F. The van der Waals surface area contributed by atoms with Crippen LogP contribution in [0, 0.1) is 13.8 Å². The van der Waals surface area contributed by atoms with Crippen LogP contribution in [0.3, 0.4) is 0 Å². The zero-order valence-corrected chi connectivity index (χ0v) is 11.8. The van der Waals surface area contributed by atoms with E-state index in [1.807, 2.05) is 4.72 Å². The van der Waals surface area contributed by atoms with Gasteiger partial charge in [-0.1, -0.05) is 17.3 Å². The highest BCUT2D eigenvalue weighted by Crippen LogP contribution is 2.35. The molecule has 1 N–H and O–H groups in total. The minimum atomic E-state index is -4.67. The number of hydrogen-bond acceptors (Lipinski definition) is 4. The number of hydrogen-bond donors (Lipinski definition) is 1. The number of para-hydroxylation sites is 1. The topological polar surface area (TPSA) is 72.2 Å². The number of aryl methyl sites for hydroxylation is 2. The molecule has 0 amide bonds. The van der Waals surface area contributed by atoms with Gasteiger partial charge in [0.15, 0.2) is 10.7 Å². The Morgan fingerprint density at radius 2 is 1.81 bits per heavy atom. The number of benzene rings is 1. The number of halogens is 3. The summed E-state index contributed by atoms with van der Waals surface area (Å²) in [5.41, 5.74) is -1.55. The molecule has 1 aromatic carbocycles. The van der Waals surface area contributed by atoms with Gasteiger partial charge in [-0.05, 0) is 26.0 Å². The molecule has 5 nitrogen and oxygen atoms in total. The second-order valence-electron chi connectivity index (χ2n) is 4.30. The summed E-state index contributed by atoms with van der Waals surface area (Å²) in [4.78, 5) is -0.264. The summed E-state index contributed by atoms with van der Waals surface area (Å²) < 4.78 is 69.6. The summed E-state index contributed by atoms with van der Waals surface area (Å²) in [7, 11) is -4.22. The van der Waals surface area contributed by atoms with Gasteiger partial charge >= 0.3 is 6.18 Å². The molecule has 0 aliphatic heterocycles. The highest BCUT2D eigenvalue weighted by Gasteiger charge is 2.35. The van der Waals surface area contributed by atoms with Crippen LogP contribution in [0.4, 0.5) is 18.9 Å². The highest BCUT2D eigenvalue weighted by molar-refractivity contribution is 7.92. The largest absolute Gasteiger partial charge is 0.418 e. The number of nitrogens with one attached hydrogen (secondary N) is 1. The molecule has 0 saturated heterocycles. The van der Waals surface area contributed by atoms with Crippen molar-refractivity contribution >= 4 is 15.7 Å². The maximum atomic E-state index is 12.9. The standard InChI is InChI=1S/C12H11F3N2O3S/c1-7-11(8(2)20-16-7)21(18,19)17-10-6-4-3-5-9(10)12(13,14)15/h3-6,17H,1-2H3. The molecule has 0 fully saturated rings. The van der Waals surface area contributed by atoms with Crippen LogP contribution in [0.1, 0.15) is 17.0 Å². The van der Waals surface area contributed by atoms with E-state index in [2.05, 4.69) is 5.16 Å². The zero-order chi connectivity index (χ0) is 15.8. The van der Waals surface area contributed by atoms with E-state index in [1.165, 1.54) is 26.0 Å². The number of anilines is 1. The summed E-state index contributed by atoms with van der Waals surface area (Å²) in [6, 6.07) is 4.32. The molecule has 0 bridgehead atoms. The van der Waals surface area contributed by atoms with Gasteiger partial charge in [0.2, 0.25) is 0 Å². The molecule has 2 rings (SSSR count). The second-order valence-corrected chi connectivity index (χ2v) is 5.92. The first-order valence-corrected chi connectivity index (χ1v) is 7.23. The maximum Gasteiger partial charge on any atom is 0.418 e. The molecule has 21 heavy (non-hydrogen) atoms. The van der Waals surface area contributed by atoms with Gasteiger partial charge in [0.25, 0.3) is 10.0 Å². The lowest BCUT2D eigenvalue weighted by molar-refractivity contribution is -0.136. The number of rotatable bonds is 3. The fourth-order valence-corrected chi connectivity index (χ4v) is 3.28. The molecule has 114 valence electrons. The Hall–Kier alpha value is -2.03. The minimum absolute atomic E-state index is 0.00416. The average molecular weight is 320 g/mol. The summed E-state index contributed by atoms with van der Waals surface area (Å²) in [6.45, 7) is 2.75. The highest BCUT2D eigenvalue weighted by atomic mass is 32.2. The van der Waals surface area contributed by atoms with Crippen LogP contribution >= 0.6 is 0 Å². The number of nitrogens with zero attached hydrogens (tertiary/aromatic N) is 1. The summed E-state index contributed by atoms with van der Waals surface area (Å²) >= 11 is 0. The lowest BCUT2D eigenvalue weighted by Gasteiger charge is -2.14. The third-order valence-corrected chi connectivity index (χ3v) is 4.32. The van der Waals surface area contributed by atoms with Crippen molar-refractivity contribution in [3.05, 3.63) is 41.3 Å². The van der Waals surface area contributed by atoms with Crippen molar-refractivity contribution in [3.8, 4) is 0 Å². The molecular formula is C12H11F3N2O3S. The Morgan fingerprint density at radius 3 is 2.33 bits per heavy atom. The maximum absolute atomic E-state index is 12.9. The van der Waals surface area contributed by atoms with Crippen LogP contribution in [-0.2, 0) is 16.2 Å². The third kappa shape index (κ3) is 3.02. The van der Waals surface area contributed by atoms with E-state index in [-0.39, 0.29) is 16.3 Å². The Labute approximate surface area is 118 Å². The van der Waals surface area contributed by atoms with Gasteiger partial charge in [0, 0.05) is 0 Å². The van der Waals surface area contributed by atoms with Gasteiger partial charge in [-0.25, -0.2) is 8.42 Å². The molecule has 1 heterocycles. The van der Waals surface area contributed by atoms with E-state index in [0.29, 0.717) is 0 Å². The van der Waals surface area contributed by atoms with Crippen molar-refractivity contribution in [1.82, 2.24) is 5.16 Å². The summed E-state index contributed by atoms with van der Waals surface area (Å²) in [5, 5.41) is 3.48. The summed E-state index contributed by atoms with van der Waals surface area (Å²) in [5.74, 6) is 0.00416. The molecular weight excluding hydrogens is 309 g/mol. The second kappa shape index (κ2) is 5.06. The average Bonchev–Trinajstić information content (AvgIpc) is 2.68. The van der Waals surface area contributed by atoms with E-state index in [0.717, 1.165) is 12.1 Å². The van der Waals surface area contributed by atoms with Crippen molar-refractivity contribution in [3.63, 3.8) is 0 Å². The van der Waals surface area contributed by atoms with Crippen molar-refractivity contribution in [2.75, 3.05) is 4.72 Å². The first kappa shape index (κ1) is 15.4. The molecule has 0 radical (unpaired) electrons. The zero-order valence-electron chi connectivity index (χ0n) is 11.0. The monoisotopic (exact) mass is 320 g/mol. The normalized spacial score (nSPS) is 12.4. The van der Waals surface area contributed by atoms with E-state index in [1.54, 1.807) is 0 Å². The smallest absolute Gasteiger partial charge is 0.360 e. The molecule has 9 heteroatoms. The van der Waals surface area contributed by atoms with Crippen LogP contribution in [0.2, 0.25) is 0 Å². The van der Waals surface area contributed by atoms with Crippen molar-refractivity contribution in [1.29, 1.82) is 0 Å². The molecule has 1 aromatic heterocycles. The Balaban J connectivity index is 2.48. The van der Waals surface area contributed by atoms with Gasteiger partial charge in [0.05, 0.1) is 11.3 Å². The molecule has 2 aromatic rings. The molecule has 0 spiro atoms. The Bertz CT molecular complexity index is 747. The molecule has 0 atom stereocenters. The van der Waals surface area contributed by atoms with Crippen molar-refractivity contribution in [2.45, 2.75) is 24.9 Å². The van der Waals surface area contributed by atoms with Crippen molar-refractivity contribution in [2.24, 2.45) is 0 Å². The van der Waals surface area contributed by atoms with Crippen LogP contribution in [0.25, 0.3) is 0 Å². The van der Waals surface area contributed by atoms with Crippen LogP contribution in [-0.4, -0.2) is 13.6 Å². The van der Waals surface area contributed by atoms with Crippen molar-refractivity contribution < 1.29 is 26.1 Å². The van der Waals surface area contributed by atoms with Gasteiger partial charge in [-0.15, -0.1) is 0 Å². The predicted octanol–water partition coefficient (Wildman–Crippen LogP) is 3.11. The number of aromatic nitrogens is 1. The van der Waals surface area contributed by atoms with E-state index >= 15 is 0 Å². The molecule has 0 unspecified atom stereocenters. The molecule has 0 aliphatic carbocycles.